The number of methoxy groups -OCH3 is 1. The Morgan fingerprint density at radius 1 is 1.46 bits per heavy atom. The third-order valence-corrected chi connectivity index (χ3v) is 4.12. The molecule has 0 spiro atoms. The van der Waals surface area contributed by atoms with Gasteiger partial charge in [-0.15, -0.1) is 0 Å². The average molecular weight is 336 g/mol. The van der Waals surface area contributed by atoms with Crippen LogP contribution in [0.15, 0.2) is 30.7 Å². The van der Waals surface area contributed by atoms with Gasteiger partial charge in [0.05, 0.1) is 24.0 Å². The Labute approximate surface area is 137 Å². The van der Waals surface area contributed by atoms with Crippen molar-refractivity contribution in [3.8, 4) is 11.3 Å². The highest BCUT2D eigenvalue weighted by molar-refractivity contribution is 5.83. The molecule has 0 aromatic carbocycles. The Morgan fingerprint density at radius 3 is 2.88 bits per heavy atom. The molecule has 0 saturated carbocycles. The monoisotopic (exact) mass is 336 g/mol. The molecule has 0 aliphatic carbocycles. The molecule has 8 heteroatoms. The Morgan fingerprint density at radius 2 is 2.25 bits per heavy atom. The summed E-state index contributed by atoms with van der Waals surface area (Å²) in [6, 6.07) is 3.08. The van der Waals surface area contributed by atoms with Gasteiger partial charge in [0.25, 0.3) is 5.91 Å². The number of likely N-dealkylation sites (tertiary alicyclic amines) is 1. The quantitative estimate of drug-likeness (QED) is 0.931. The largest absolute Gasteiger partial charge is 0.380 e. The van der Waals surface area contributed by atoms with E-state index in [1.807, 2.05) is 6.07 Å². The molecule has 0 radical (unpaired) electrons. The number of pyridine rings is 1. The molecule has 0 bridgehead atoms. The van der Waals surface area contributed by atoms with Crippen LogP contribution in [-0.4, -0.2) is 51.4 Å². The third-order valence-electron chi connectivity index (χ3n) is 4.12. The summed E-state index contributed by atoms with van der Waals surface area (Å²) in [6.45, 7) is 0.724. The van der Waals surface area contributed by atoms with Crippen molar-refractivity contribution in [2.75, 3.05) is 13.7 Å². The van der Waals surface area contributed by atoms with Crippen LogP contribution in [0.1, 0.15) is 25.2 Å². The van der Waals surface area contributed by atoms with E-state index in [2.05, 4.69) is 15.0 Å². The molecule has 3 heterocycles. The average Bonchev–Trinajstić information content (AvgIpc) is 3.20. The second-order valence-electron chi connectivity index (χ2n) is 5.88. The van der Waals surface area contributed by atoms with E-state index in [1.165, 1.54) is 7.11 Å². The molecule has 1 fully saturated rings. The number of halogens is 2. The maximum absolute atomic E-state index is 13.5. The van der Waals surface area contributed by atoms with E-state index in [-0.39, 0.29) is 12.6 Å². The number of aromatic amines is 1. The fourth-order valence-corrected chi connectivity index (χ4v) is 2.88. The molecule has 6 nitrogen and oxygen atoms in total. The number of rotatable bonds is 4. The maximum atomic E-state index is 13.5. The third kappa shape index (κ3) is 3.14. The van der Waals surface area contributed by atoms with Gasteiger partial charge < -0.3 is 14.6 Å². The number of amides is 1. The fraction of sp³-hybridized carbons (Fsp3) is 0.438. The molecule has 2 aromatic heterocycles. The van der Waals surface area contributed by atoms with Crippen molar-refractivity contribution in [2.24, 2.45) is 0 Å². The van der Waals surface area contributed by atoms with E-state index < -0.39 is 17.9 Å². The lowest BCUT2D eigenvalue weighted by molar-refractivity contribution is -0.156. The number of imidazole rings is 1. The number of carbonyl (C=O) groups is 1. The first kappa shape index (κ1) is 16.5. The van der Waals surface area contributed by atoms with Gasteiger partial charge in [-0.2, -0.15) is 8.78 Å². The molecule has 1 saturated heterocycles. The standard InChI is InChI=1S/C16H18F2N4O2/c1-16(17,18)15(23)22-9-11(24-2)6-13(22)14-20-8-12(21-14)10-4-3-5-19-7-10/h3-5,7-8,11,13H,6,9H2,1-2H3,(H,20,21)/t11-,13+/m1/s1. The van der Waals surface area contributed by atoms with Gasteiger partial charge in [0.1, 0.15) is 5.82 Å². The van der Waals surface area contributed by atoms with Crippen LogP contribution in [0, 0.1) is 0 Å². The zero-order valence-electron chi connectivity index (χ0n) is 13.4. The number of alkyl halides is 2. The highest BCUT2D eigenvalue weighted by atomic mass is 19.3. The molecular weight excluding hydrogens is 318 g/mol. The summed E-state index contributed by atoms with van der Waals surface area (Å²) in [5, 5.41) is 0. The first-order chi connectivity index (χ1) is 11.4. The van der Waals surface area contributed by atoms with Crippen molar-refractivity contribution in [2.45, 2.75) is 31.4 Å². The minimum absolute atomic E-state index is 0.117. The van der Waals surface area contributed by atoms with Crippen LogP contribution in [0.5, 0.6) is 0 Å². The van der Waals surface area contributed by atoms with Crippen LogP contribution in [-0.2, 0) is 9.53 Å². The van der Waals surface area contributed by atoms with Crippen molar-refractivity contribution in [3.05, 3.63) is 36.5 Å². The lowest BCUT2D eigenvalue weighted by Gasteiger charge is -2.25. The van der Waals surface area contributed by atoms with E-state index in [0.29, 0.717) is 19.2 Å². The molecule has 24 heavy (non-hydrogen) atoms. The van der Waals surface area contributed by atoms with Crippen molar-refractivity contribution in [1.29, 1.82) is 0 Å². The summed E-state index contributed by atoms with van der Waals surface area (Å²) in [5.41, 5.74) is 1.55. The Bertz CT molecular complexity index is 714. The van der Waals surface area contributed by atoms with Gasteiger partial charge in [-0.1, -0.05) is 0 Å². The second kappa shape index (κ2) is 6.27. The van der Waals surface area contributed by atoms with Crippen molar-refractivity contribution >= 4 is 5.91 Å². The molecule has 1 N–H and O–H groups in total. The normalized spacial score (nSPS) is 21.2. The number of ether oxygens (including phenoxy) is 1. The van der Waals surface area contributed by atoms with E-state index in [1.54, 1.807) is 24.7 Å². The zero-order chi connectivity index (χ0) is 17.3. The van der Waals surface area contributed by atoms with Crippen LogP contribution in [0.25, 0.3) is 11.3 Å². The predicted octanol–water partition coefficient (Wildman–Crippen LogP) is 2.42. The lowest BCUT2D eigenvalue weighted by Crippen LogP contribution is -2.42. The number of hydrogen-bond donors (Lipinski definition) is 1. The van der Waals surface area contributed by atoms with Crippen LogP contribution in [0.4, 0.5) is 8.78 Å². The smallest absolute Gasteiger partial charge is 0.322 e. The summed E-state index contributed by atoms with van der Waals surface area (Å²) < 4.78 is 32.2. The van der Waals surface area contributed by atoms with Gasteiger partial charge >= 0.3 is 5.92 Å². The summed E-state index contributed by atoms with van der Waals surface area (Å²) in [6.07, 6.45) is 5.06. The minimum atomic E-state index is -3.43. The van der Waals surface area contributed by atoms with Gasteiger partial charge in [-0.3, -0.25) is 9.78 Å². The number of carbonyl (C=O) groups excluding carboxylic acids is 1. The molecular formula is C16H18F2N4O2. The highest BCUT2D eigenvalue weighted by Crippen LogP contribution is 2.35. The fourth-order valence-electron chi connectivity index (χ4n) is 2.88. The Balaban J connectivity index is 1.89. The molecule has 0 unspecified atom stereocenters. The second-order valence-corrected chi connectivity index (χ2v) is 5.88. The number of nitrogens with zero attached hydrogens (tertiary/aromatic N) is 3. The molecule has 2 aromatic rings. The Hall–Kier alpha value is -2.35. The van der Waals surface area contributed by atoms with Crippen LogP contribution in [0.3, 0.4) is 0 Å². The van der Waals surface area contributed by atoms with Crippen LogP contribution in [0.2, 0.25) is 0 Å². The van der Waals surface area contributed by atoms with Crippen LogP contribution < -0.4 is 0 Å². The summed E-state index contributed by atoms with van der Waals surface area (Å²) in [7, 11) is 1.50. The Kier molecular flexibility index (Phi) is 4.31. The molecule has 128 valence electrons. The lowest BCUT2D eigenvalue weighted by atomic mass is 10.2. The van der Waals surface area contributed by atoms with Crippen LogP contribution >= 0.6 is 0 Å². The predicted molar refractivity (Wildman–Crippen MR) is 82.3 cm³/mol. The van der Waals surface area contributed by atoms with Gasteiger partial charge in [-0.25, -0.2) is 4.98 Å². The van der Waals surface area contributed by atoms with E-state index in [9.17, 15) is 13.6 Å². The highest BCUT2D eigenvalue weighted by Gasteiger charge is 2.45. The topological polar surface area (TPSA) is 71.1 Å². The molecule has 1 aliphatic rings. The van der Waals surface area contributed by atoms with Crippen molar-refractivity contribution in [1.82, 2.24) is 19.9 Å². The van der Waals surface area contributed by atoms with E-state index in [0.717, 1.165) is 16.2 Å². The number of hydrogen-bond acceptors (Lipinski definition) is 4. The zero-order valence-corrected chi connectivity index (χ0v) is 13.4. The van der Waals surface area contributed by atoms with Gasteiger partial charge in [-0.05, 0) is 12.1 Å². The van der Waals surface area contributed by atoms with Gasteiger partial charge in [0.15, 0.2) is 0 Å². The molecule has 1 aliphatic heterocycles. The van der Waals surface area contributed by atoms with E-state index >= 15 is 0 Å². The summed E-state index contributed by atoms with van der Waals surface area (Å²) >= 11 is 0. The molecule has 1 amide bonds. The SMILES string of the molecule is CO[C@@H]1C[C@@H](c2ncc(-c3cccnc3)[nH]2)N(C(=O)C(C)(F)F)C1. The first-order valence-electron chi connectivity index (χ1n) is 7.57. The number of H-pyrrole nitrogens is 1. The molecule has 3 rings (SSSR count). The van der Waals surface area contributed by atoms with Gasteiger partial charge in [0, 0.05) is 45.0 Å². The minimum Gasteiger partial charge on any atom is -0.380 e. The van der Waals surface area contributed by atoms with Crippen molar-refractivity contribution in [3.63, 3.8) is 0 Å². The number of nitrogens with one attached hydrogen (secondary N) is 1. The summed E-state index contributed by atoms with van der Waals surface area (Å²) in [4.78, 5) is 24.6. The van der Waals surface area contributed by atoms with E-state index in [4.69, 9.17) is 4.74 Å². The number of aromatic nitrogens is 3. The molecule has 2 atom stereocenters. The van der Waals surface area contributed by atoms with Crippen molar-refractivity contribution < 1.29 is 18.3 Å². The van der Waals surface area contributed by atoms with Gasteiger partial charge in [0.2, 0.25) is 0 Å². The first-order valence-corrected chi connectivity index (χ1v) is 7.57. The summed E-state index contributed by atoms with van der Waals surface area (Å²) in [5.74, 6) is -4.18. The maximum Gasteiger partial charge on any atom is 0.322 e.